The van der Waals surface area contributed by atoms with Crippen LogP contribution in [0.2, 0.25) is 5.02 Å². The lowest BCUT2D eigenvalue weighted by molar-refractivity contribution is -0.577. The minimum atomic E-state index is -0.806. The van der Waals surface area contributed by atoms with Gasteiger partial charge in [-0.1, -0.05) is 23.7 Å². The molecule has 0 fully saturated rings. The molecule has 0 saturated heterocycles. The van der Waals surface area contributed by atoms with Gasteiger partial charge in [0.2, 0.25) is 0 Å². The number of pyridine rings is 1. The highest BCUT2D eigenvalue weighted by atomic mass is 35.5. The molecular weight excluding hydrogens is 471 g/mol. The van der Waals surface area contributed by atoms with Crippen molar-refractivity contribution in [3.63, 3.8) is 0 Å². The highest BCUT2D eigenvalue weighted by molar-refractivity contribution is 6.53. The SMILES string of the molecule is Cc1ccc[n+](C2=C(c3c(C)nn(-c4ccc(Cl)cc4)c3[O-])C(=O)N(c3ccccc3F)C2=O)c1. The van der Waals surface area contributed by atoms with Gasteiger partial charge in [0.25, 0.3) is 11.6 Å². The molecule has 0 radical (unpaired) electrons. The van der Waals surface area contributed by atoms with Gasteiger partial charge in [-0.15, -0.1) is 0 Å². The molecular formula is C26H18ClFN4O3. The van der Waals surface area contributed by atoms with Gasteiger partial charge in [-0.3, -0.25) is 9.59 Å². The first-order valence-electron chi connectivity index (χ1n) is 10.7. The molecule has 9 heteroatoms. The van der Waals surface area contributed by atoms with Gasteiger partial charge in [0.15, 0.2) is 12.4 Å². The van der Waals surface area contributed by atoms with Crippen molar-refractivity contribution in [2.75, 3.05) is 4.90 Å². The molecule has 2 amide bonds. The maximum absolute atomic E-state index is 14.7. The van der Waals surface area contributed by atoms with E-state index in [0.29, 0.717) is 10.7 Å². The average Bonchev–Trinajstić information content (AvgIpc) is 3.26. The van der Waals surface area contributed by atoms with Crippen LogP contribution in [0.15, 0.2) is 73.1 Å². The molecule has 0 spiro atoms. The molecule has 0 atom stereocenters. The highest BCUT2D eigenvalue weighted by Crippen LogP contribution is 2.39. The lowest BCUT2D eigenvalue weighted by atomic mass is 10.0. The van der Waals surface area contributed by atoms with Crippen molar-refractivity contribution in [1.82, 2.24) is 9.78 Å². The van der Waals surface area contributed by atoms with Crippen LogP contribution in [-0.4, -0.2) is 21.6 Å². The van der Waals surface area contributed by atoms with Crippen molar-refractivity contribution in [2.45, 2.75) is 13.8 Å². The van der Waals surface area contributed by atoms with Crippen molar-refractivity contribution in [1.29, 1.82) is 0 Å². The third kappa shape index (κ3) is 3.68. The number of carbonyl (C=O) groups excluding carboxylic acids is 2. The molecule has 0 bridgehead atoms. The fourth-order valence-corrected chi connectivity index (χ4v) is 4.24. The standard InChI is InChI=1S/C26H18ClFN4O3/c1-15-6-5-13-30(14-15)23-22(24(33)31(26(23)35)20-8-4-3-7-19(20)28)21-16(2)29-32(25(21)34)18-11-9-17(27)10-12-18/h3-14H,1-2H3. The van der Waals surface area contributed by atoms with Gasteiger partial charge in [0.05, 0.1) is 17.1 Å². The summed E-state index contributed by atoms with van der Waals surface area (Å²) >= 11 is 5.96. The van der Waals surface area contributed by atoms with Crippen LogP contribution in [0.3, 0.4) is 0 Å². The van der Waals surface area contributed by atoms with Crippen LogP contribution in [0, 0.1) is 19.7 Å². The number of amides is 2. The predicted octanol–water partition coefficient (Wildman–Crippen LogP) is 3.58. The number of halogens is 2. The second kappa shape index (κ2) is 8.48. The summed E-state index contributed by atoms with van der Waals surface area (Å²) in [4.78, 5) is 28.1. The van der Waals surface area contributed by atoms with Crippen molar-refractivity contribution < 1.29 is 23.7 Å². The van der Waals surface area contributed by atoms with E-state index in [1.54, 1.807) is 49.6 Å². The molecule has 0 N–H and O–H groups in total. The molecule has 1 aliphatic rings. The molecule has 7 nitrogen and oxygen atoms in total. The predicted molar refractivity (Wildman–Crippen MR) is 126 cm³/mol. The van der Waals surface area contributed by atoms with E-state index >= 15 is 0 Å². The van der Waals surface area contributed by atoms with Crippen molar-refractivity contribution in [3.05, 3.63) is 101 Å². The number of carbonyl (C=O) groups is 2. The first-order valence-corrected chi connectivity index (χ1v) is 11.0. The Balaban J connectivity index is 1.76. The molecule has 5 rings (SSSR count). The highest BCUT2D eigenvalue weighted by Gasteiger charge is 2.48. The number of anilines is 1. The summed E-state index contributed by atoms with van der Waals surface area (Å²) in [6.45, 7) is 3.41. The van der Waals surface area contributed by atoms with Crippen LogP contribution in [-0.2, 0) is 9.59 Å². The summed E-state index contributed by atoms with van der Waals surface area (Å²) in [5.74, 6) is -2.87. The van der Waals surface area contributed by atoms with E-state index in [1.807, 2.05) is 13.0 Å². The Morgan fingerprint density at radius 3 is 2.37 bits per heavy atom. The van der Waals surface area contributed by atoms with E-state index in [0.717, 1.165) is 21.2 Å². The fourth-order valence-electron chi connectivity index (χ4n) is 4.12. The van der Waals surface area contributed by atoms with Crippen LogP contribution >= 0.6 is 11.6 Å². The largest absolute Gasteiger partial charge is 0.858 e. The van der Waals surface area contributed by atoms with E-state index < -0.39 is 23.5 Å². The van der Waals surface area contributed by atoms with Gasteiger partial charge >= 0.3 is 5.91 Å². The van der Waals surface area contributed by atoms with E-state index in [2.05, 4.69) is 5.10 Å². The summed E-state index contributed by atoms with van der Waals surface area (Å²) in [6.07, 6.45) is 3.26. The summed E-state index contributed by atoms with van der Waals surface area (Å²) < 4.78 is 17.3. The number of benzene rings is 2. The van der Waals surface area contributed by atoms with Crippen LogP contribution in [0.5, 0.6) is 5.88 Å². The molecule has 174 valence electrons. The number of hydrogen-bond acceptors (Lipinski definition) is 4. The zero-order valence-corrected chi connectivity index (χ0v) is 19.5. The first kappa shape index (κ1) is 22.5. The van der Waals surface area contributed by atoms with Gasteiger partial charge in [0, 0.05) is 22.2 Å². The molecule has 2 aromatic carbocycles. The summed E-state index contributed by atoms with van der Waals surface area (Å²) in [6, 6.07) is 15.5. The second-order valence-corrected chi connectivity index (χ2v) is 8.50. The molecule has 35 heavy (non-hydrogen) atoms. The maximum atomic E-state index is 14.7. The van der Waals surface area contributed by atoms with Gasteiger partial charge in [-0.2, -0.15) is 9.67 Å². The minimum absolute atomic E-state index is 0.0267. The Labute approximate surface area is 204 Å². The van der Waals surface area contributed by atoms with Crippen molar-refractivity contribution in [2.24, 2.45) is 0 Å². The van der Waals surface area contributed by atoms with Gasteiger partial charge in [-0.05, 0) is 62.2 Å². The Morgan fingerprint density at radius 2 is 1.69 bits per heavy atom. The Kier molecular flexibility index (Phi) is 5.45. The molecule has 4 aromatic rings. The van der Waals surface area contributed by atoms with Crippen molar-refractivity contribution in [3.8, 4) is 11.6 Å². The second-order valence-electron chi connectivity index (χ2n) is 8.06. The van der Waals surface area contributed by atoms with E-state index in [9.17, 15) is 19.1 Å². The summed E-state index contributed by atoms with van der Waals surface area (Å²) in [7, 11) is 0. The summed E-state index contributed by atoms with van der Waals surface area (Å²) in [5.41, 5.74) is 1.10. The number of rotatable bonds is 4. The molecule has 0 aliphatic carbocycles. The number of nitrogens with zero attached hydrogens (tertiary/aromatic N) is 4. The Morgan fingerprint density at radius 1 is 0.971 bits per heavy atom. The quantitative estimate of drug-likeness (QED) is 0.325. The van der Waals surface area contributed by atoms with E-state index in [1.165, 1.54) is 22.8 Å². The van der Waals surface area contributed by atoms with Gasteiger partial charge in [-0.25, -0.2) is 14.0 Å². The molecule has 0 saturated carbocycles. The third-order valence-electron chi connectivity index (χ3n) is 5.70. The van der Waals surface area contributed by atoms with E-state index in [-0.39, 0.29) is 28.2 Å². The Hall–Kier alpha value is -4.30. The third-order valence-corrected chi connectivity index (χ3v) is 5.95. The van der Waals surface area contributed by atoms with Crippen LogP contribution < -0.4 is 14.6 Å². The normalized spacial score (nSPS) is 13.8. The number of para-hydroxylation sites is 1. The fraction of sp³-hybridized carbons (Fsp3) is 0.0769. The summed E-state index contributed by atoms with van der Waals surface area (Å²) in [5, 5.41) is 18.4. The molecule has 1 aliphatic heterocycles. The number of aromatic nitrogens is 3. The Bertz CT molecular complexity index is 1540. The first-order chi connectivity index (χ1) is 16.8. The van der Waals surface area contributed by atoms with Crippen LogP contribution in [0.4, 0.5) is 10.1 Å². The zero-order chi connectivity index (χ0) is 24.9. The van der Waals surface area contributed by atoms with Gasteiger partial charge in [0.1, 0.15) is 11.4 Å². The van der Waals surface area contributed by atoms with Crippen LogP contribution in [0.25, 0.3) is 17.0 Å². The minimum Gasteiger partial charge on any atom is -0.858 e. The molecule has 0 unspecified atom stereocenters. The van der Waals surface area contributed by atoms with Gasteiger partial charge < -0.3 is 5.11 Å². The smallest absolute Gasteiger partial charge is 0.331 e. The average molecular weight is 489 g/mol. The van der Waals surface area contributed by atoms with Crippen LogP contribution in [0.1, 0.15) is 16.8 Å². The molecule has 3 heterocycles. The van der Waals surface area contributed by atoms with E-state index in [4.69, 9.17) is 11.6 Å². The van der Waals surface area contributed by atoms with Crippen molar-refractivity contribution >= 4 is 40.4 Å². The lowest BCUT2D eigenvalue weighted by Crippen LogP contribution is -2.40. The zero-order valence-electron chi connectivity index (χ0n) is 18.7. The monoisotopic (exact) mass is 488 g/mol. The topological polar surface area (TPSA) is 82.1 Å². The lowest BCUT2D eigenvalue weighted by Gasteiger charge is -2.16. The number of imide groups is 1. The molecule has 2 aromatic heterocycles. The number of aryl methyl sites for hydroxylation is 2. The number of hydrogen-bond donors (Lipinski definition) is 0. The maximum Gasteiger partial charge on any atom is 0.331 e.